The molecule has 15 heteroatoms. The van der Waals surface area contributed by atoms with E-state index in [1.54, 1.807) is 4.34 Å². The molecular weight excluding hydrogens is 446 g/mol. The smallest absolute Gasteiger partial charge is 0.234 e. The zero-order valence-corrected chi connectivity index (χ0v) is 15.0. The van der Waals surface area contributed by atoms with Crippen LogP contribution in [0.15, 0.2) is 0 Å². The second-order valence-corrected chi connectivity index (χ2v) is 8.81. The molecule has 0 aromatic heterocycles. The molecule has 6 nitrogen and oxygen atoms in total. The van der Waals surface area contributed by atoms with Gasteiger partial charge in [-0.1, -0.05) is 24.5 Å². The Morgan fingerprint density at radius 3 is 1.39 bits per heavy atom. The maximum Gasteiger partial charge on any atom is 0.512 e. The Hall–Kier alpha value is -0.120. The molecule has 0 heterocycles. The first-order valence-corrected chi connectivity index (χ1v) is 9.41. The van der Waals surface area contributed by atoms with Gasteiger partial charge in [-0.15, -0.1) is 0 Å². The summed E-state index contributed by atoms with van der Waals surface area (Å²) in [7, 11) is -13.7. The van der Waals surface area contributed by atoms with Gasteiger partial charge in [-0.05, 0) is 12.3 Å². The lowest BCUT2D eigenvalue weighted by Crippen LogP contribution is -2.66. The van der Waals surface area contributed by atoms with Gasteiger partial charge in [0.25, 0.3) is 0 Å². The quantitative estimate of drug-likeness (QED) is 0.375. The minimum absolute atomic E-state index is 0.722. The van der Waals surface area contributed by atoms with Crippen LogP contribution in [0.4, 0.5) is 26.3 Å². The number of rotatable bonds is 6. The highest BCUT2D eigenvalue weighted by Gasteiger charge is 2.67. The van der Waals surface area contributed by atoms with Crippen molar-refractivity contribution in [3.05, 3.63) is 0 Å². The highest BCUT2D eigenvalue weighted by atomic mass is 79.9. The molecule has 1 atom stereocenters. The van der Waals surface area contributed by atoms with Crippen molar-refractivity contribution >= 4 is 36.2 Å². The van der Waals surface area contributed by atoms with Crippen LogP contribution < -0.4 is 4.34 Å². The predicted molar refractivity (Wildman–Crippen MR) is 71.7 cm³/mol. The van der Waals surface area contributed by atoms with Crippen molar-refractivity contribution in [2.45, 2.75) is 43.9 Å². The van der Waals surface area contributed by atoms with E-state index >= 15 is 0 Å². The van der Waals surface area contributed by atoms with E-state index in [2.05, 4.69) is 16.1 Å². The molecule has 1 N–H and O–H groups in total. The molecule has 0 saturated heterocycles. The van der Waals surface area contributed by atoms with Crippen molar-refractivity contribution in [3.8, 4) is 0 Å². The van der Waals surface area contributed by atoms with E-state index in [-0.39, 0.29) is 0 Å². The number of hydrogen-bond donors (Lipinski definition) is 1. The van der Waals surface area contributed by atoms with Crippen molar-refractivity contribution < 1.29 is 43.2 Å². The average molecular weight is 459 g/mol. The Morgan fingerprint density at radius 1 is 0.957 bits per heavy atom. The van der Waals surface area contributed by atoms with E-state index in [1.807, 2.05) is 0 Å². The third-order valence-electron chi connectivity index (χ3n) is 3.01. The molecule has 0 aromatic carbocycles. The summed E-state index contributed by atoms with van der Waals surface area (Å²) in [4.78, 5) is 0. The van der Waals surface area contributed by atoms with Crippen molar-refractivity contribution in [2.75, 3.05) is 0 Å². The van der Waals surface area contributed by atoms with Crippen LogP contribution in [0, 0.1) is 5.92 Å². The number of nitrogens with zero attached hydrogens (tertiary/aromatic N) is 1. The lowest BCUT2D eigenvalue weighted by Gasteiger charge is -2.43. The lowest BCUT2D eigenvalue weighted by molar-refractivity contribution is -0.0592. The van der Waals surface area contributed by atoms with Crippen molar-refractivity contribution in [1.29, 1.82) is 0 Å². The normalized spacial score (nSPS) is 17.6. The van der Waals surface area contributed by atoms with Crippen LogP contribution in [0.5, 0.6) is 0 Å². The second-order valence-electron chi connectivity index (χ2n) is 4.63. The number of halogens is 7. The zero-order valence-electron chi connectivity index (χ0n) is 11.8. The van der Waals surface area contributed by atoms with Crippen LogP contribution in [-0.2, 0) is 20.0 Å². The van der Waals surface area contributed by atoms with Gasteiger partial charge in [-0.3, -0.25) is 0 Å². The van der Waals surface area contributed by atoms with Gasteiger partial charge in [0.1, 0.15) is 5.66 Å². The van der Waals surface area contributed by atoms with Crippen LogP contribution in [0.1, 0.15) is 27.2 Å². The van der Waals surface area contributed by atoms with E-state index in [0.29, 0.717) is 0 Å². The predicted octanol–water partition coefficient (Wildman–Crippen LogP) is 2.65. The topological polar surface area (TPSA) is 83.6 Å². The van der Waals surface area contributed by atoms with Gasteiger partial charge < -0.3 is 0 Å². The monoisotopic (exact) mass is 458 g/mol. The third-order valence-corrected chi connectivity index (χ3v) is 7.56. The highest BCUT2D eigenvalue weighted by Crippen LogP contribution is 2.43. The fourth-order valence-corrected chi connectivity index (χ4v) is 6.40. The SMILES string of the molecule is CCC(NBr)(C(C)C)N(S(=O)(=O)C(F)(F)F)S(=O)(=O)C(F)(F)F. The van der Waals surface area contributed by atoms with Crippen LogP contribution >= 0.6 is 16.1 Å². The molecule has 0 aromatic rings. The number of sulfonamides is 2. The summed E-state index contributed by atoms with van der Waals surface area (Å²) >= 11 is 2.40. The molecular formula is C8H13BrF6N2O4S2. The van der Waals surface area contributed by atoms with Gasteiger partial charge in [0, 0.05) is 16.1 Å². The van der Waals surface area contributed by atoms with E-state index in [9.17, 15) is 43.2 Å². The Bertz CT molecular complexity index is 580. The zero-order chi connectivity index (χ0) is 19.1. The Kier molecular flexibility index (Phi) is 6.61. The van der Waals surface area contributed by atoms with Gasteiger partial charge in [0.05, 0.1) is 0 Å². The number of hydrogen-bond acceptors (Lipinski definition) is 5. The van der Waals surface area contributed by atoms with Crippen LogP contribution in [-0.4, -0.2) is 37.2 Å². The summed E-state index contributed by atoms with van der Waals surface area (Å²) in [5.41, 5.74) is -15.3. The van der Waals surface area contributed by atoms with Crippen molar-refractivity contribution in [2.24, 2.45) is 5.92 Å². The van der Waals surface area contributed by atoms with E-state index in [4.69, 9.17) is 0 Å². The molecule has 0 saturated carbocycles. The minimum atomic E-state index is -6.87. The molecule has 140 valence electrons. The first kappa shape index (κ1) is 22.9. The molecule has 0 aliphatic rings. The van der Waals surface area contributed by atoms with E-state index in [0.717, 1.165) is 20.8 Å². The molecule has 0 fully saturated rings. The first-order chi connectivity index (χ1) is 9.93. The highest BCUT2D eigenvalue weighted by molar-refractivity contribution is 9.08. The molecule has 0 amide bonds. The van der Waals surface area contributed by atoms with Crippen LogP contribution in [0.3, 0.4) is 0 Å². The van der Waals surface area contributed by atoms with Gasteiger partial charge in [0.15, 0.2) is 0 Å². The minimum Gasteiger partial charge on any atom is -0.234 e. The Labute approximate surface area is 137 Å². The molecule has 0 spiro atoms. The van der Waals surface area contributed by atoms with Gasteiger partial charge in [-0.2, -0.15) is 26.3 Å². The number of nitrogens with one attached hydrogen (secondary N) is 1. The summed E-state index contributed by atoms with van der Waals surface area (Å²) in [6.45, 7) is 3.14. The molecule has 0 bridgehead atoms. The summed E-state index contributed by atoms with van der Waals surface area (Å²) in [5, 5.41) is 0. The van der Waals surface area contributed by atoms with Gasteiger partial charge in [0.2, 0.25) is 0 Å². The maximum atomic E-state index is 12.8. The second kappa shape index (κ2) is 6.65. The molecule has 23 heavy (non-hydrogen) atoms. The fraction of sp³-hybridized carbons (Fsp3) is 1.00. The molecule has 0 rings (SSSR count). The first-order valence-electron chi connectivity index (χ1n) is 5.74. The molecule has 0 aliphatic heterocycles. The largest absolute Gasteiger partial charge is 0.512 e. The number of alkyl halides is 6. The molecule has 0 radical (unpaired) electrons. The molecule has 1 unspecified atom stereocenters. The summed E-state index contributed by atoms with van der Waals surface area (Å²) in [6, 6.07) is 0. The van der Waals surface area contributed by atoms with Crippen LogP contribution in [0.2, 0.25) is 0 Å². The summed E-state index contributed by atoms with van der Waals surface area (Å²) in [5.74, 6) is -1.29. The maximum absolute atomic E-state index is 12.8. The summed E-state index contributed by atoms with van der Waals surface area (Å²) < 4.78 is 123. The third kappa shape index (κ3) is 3.77. The van der Waals surface area contributed by atoms with Crippen molar-refractivity contribution in [3.63, 3.8) is 0 Å². The summed E-state index contributed by atoms with van der Waals surface area (Å²) in [6.07, 6.45) is -0.722. The van der Waals surface area contributed by atoms with Gasteiger partial charge in [-0.25, -0.2) is 21.2 Å². The van der Waals surface area contributed by atoms with E-state index < -0.39 is 52.8 Å². The Morgan fingerprint density at radius 2 is 1.26 bits per heavy atom. The molecule has 0 aliphatic carbocycles. The standard InChI is InChI=1S/C8H13BrF6N2O4S2/c1-4-6(16-9,5(2)3)17(22(18,19)7(10,11)12)23(20,21)8(13,14)15/h5,16H,4H2,1-3H3. The van der Waals surface area contributed by atoms with E-state index in [1.165, 1.54) is 0 Å². The van der Waals surface area contributed by atoms with Crippen LogP contribution in [0.25, 0.3) is 0 Å². The lowest BCUT2D eigenvalue weighted by atomic mass is 9.95. The Balaban J connectivity index is 6.98. The fourth-order valence-electron chi connectivity index (χ4n) is 1.70. The van der Waals surface area contributed by atoms with Gasteiger partial charge >= 0.3 is 31.1 Å². The van der Waals surface area contributed by atoms with Crippen molar-refractivity contribution in [1.82, 2.24) is 8.05 Å². The average Bonchev–Trinajstić information content (AvgIpc) is 2.31.